The molecule has 2 aromatic heterocycles. The molecule has 3 aromatic rings. The monoisotopic (exact) mass is 293 g/mol. The maximum Gasteiger partial charge on any atom is 0.289 e. The van der Waals surface area contributed by atoms with E-state index in [2.05, 4.69) is 9.97 Å². The number of aromatic nitrogens is 2. The van der Waals surface area contributed by atoms with Crippen molar-refractivity contribution in [2.45, 2.75) is 0 Å². The highest BCUT2D eigenvalue weighted by Crippen LogP contribution is 2.31. The Kier molecular flexibility index (Phi) is 2.87. The Morgan fingerprint density at radius 1 is 1.20 bits per heavy atom. The number of hydrogen-bond donors (Lipinski definition) is 0. The Hall–Kier alpha value is -2.48. The summed E-state index contributed by atoms with van der Waals surface area (Å²) in [7, 11) is 0. The van der Waals surface area contributed by atoms with Gasteiger partial charge in [-0.05, 0) is 18.2 Å². The number of thiazole rings is 1. The summed E-state index contributed by atoms with van der Waals surface area (Å²) in [5.74, 6) is -1.91. The van der Waals surface area contributed by atoms with E-state index in [9.17, 15) is 18.9 Å². The molecular weight excluding hydrogens is 288 g/mol. The molecule has 0 spiro atoms. The van der Waals surface area contributed by atoms with Gasteiger partial charge >= 0.3 is 0 Å². The average Bonchev–Trinajstić information content (AvgIpc) is 2.84. The van der Waals surface area contributed by atoms with Crippen LogP contribution in [-0.2, 0) is 0 Å². The van der Waals surface area contributed by atoms with Crippen LogP contribution in [0.5, 0.6) is 0 Å². The number of hydrogen-bond acceptors (Lipinski definition) is 5. The number of benzene rings is 1. The summed E-state index contributed by atoms with van der Waals surface area (Å²) in [5, 5.41) is 11.1. The van der Waals surface area contributed by atoms with E-state index < -0.39 is 16.6 Å². The lowest BCUT2D eigenvalue weighted by molar-refractivity contribution is -0.385. The maximum absolute atomic E-state index is 13.2. The Labute approximate surface area is 114 Å². The fraction of sp³-hybridized carbons (Fsp3) is 0. The Balaban J connectivity index is 2.12. The van der Waals surface area contributed by atoms with Crippen LogP contribution in [0.15, 0.2) is 30.5 Å². The van der Waals surface area contributed by atoms with E-state index in [1.807, 2.05) is 0 Å². The molecule has 0 saturated heterocycles. The van der Waals surface area contributed by atoms with Gasteiger partial charge in [0.25, 0.3) is 5.69 Å². The van der Waals surface area contributed by atoms with Gasteiger partial charge in [0.15, 0.2) is 11.6 Å². The molecule has 1 aromatic carbocycles. The minimum absolute atomic E-state index is 0.167. The molecule has 0 atom stereocenters. The zero-order chi connectivity index (χ0) is 14.3. The first-order chi connectivity index (χ1) is 9.54. The highest BCUT2D eigenvalue weighted by Gasteiger charge is 2.13. The lowest BCUT2D eigenvalue weighted by Crippen LogP contribution is -1.88. The van der Waals surface area contributed by atoms with Gasteiger partial charge in [-0.2, -0.15) is 0 Å². The predicted molar refractivity (Wildman–Crippen MR) is 69.4 cm³/mol. The molecule has 2 heterocycles. The largest absolute Gasteiger partial charge is 0.289 e. The molecule has 0 saturated carbocycles. The van der Waals surface area contributed by atoms with Crippen molar-refractivity contribution in [1.29, 1.82) is 0 Å². The first-order valence-electron chi connectivity index (χ1n) is 5.41. The van der Waals surface area contributed by atoms with Gasteiger partial charge in [0, 0.05) is 11.6 Å². The van der Waals surface area contributed by atoms with Gasteiger partial charge < -0.3 is 0 Å². The van der Waals surface area contributed by atoms with Crippen molar-refractivity contribution in [2.24, 2.45) is 0 Å². The Morgan fingerprint density at radius 2 is 2.00 bits per heavy atom. The van der Waals surface area contributed by atoms with Crippen LogP contribution in [-0.4, -0.2) is 14.9 Å². The molecule has 20 heavy (non-hydrogen) atoms. The van der Waals surface area contributed by atoms with Gasteiger partial charge in [0.2, 0.25) is 0 Å². The van der Waals surface area contributed by atoms with Gasteiger partial charge in [-0.25, -0.2) is 18.7 Å². The third kappa shape index (κ3) is 2.10. The smallest absolute Gasteiger partial charge is 0.258 e. The molecule has 0 N–H and O–H groups in total. The predicted octanol–water partition coefficient (Wildman–Crippen LogP) is 3.54. The second kappa shape index (κ2) is 4.57. The Morgan fingerprint density at radius 3 is 2.70 bits per heavy atom. The molecule has 0 aliphatic carbocycles. The van der Waals surface area contributed by atoms with E-state index in [0.29, 0.717) is 20.9 Å². The topological polar surface area (TPSA) is 68.9 Å². The van der Waals surface area contributed by atoms with Crippen molar-refractivity contribution in [1.82, 2.24) is 9.97 Å². The molecular formula is C12H5F2N3O2S. The summed E-state index contributed by atoms with van der Waals surface area (Å²) in [4.78, 5) is 18.7. The molecule has 0 bridgehead atoms. The third-order valence-corrected chi connectivity index (χ3v) is 3.64. The van der Waals surface area contributed by atoms with Crippen LogP contribution < -0.4 is 0 Å². The summed E-state index contributed by atoms with van der Waals surface area (Å²) in [6, 6.07) is 4.72. The van der Waals surface area contributed by atoms with Crippen LogP contribution in [0.4, 0.5) is 14.5 Å². The van der Waals surface area contributed by atoms with E-state index in [0.717, 1.165) is 29.7 Å². The first kappa shape index (κ1) is 12.5. The minimum Gasteiger partial charge on any atom is -0.258 e. The zero-order valence-corrected chi connectivity index (χ0v) is 10.5. The van der Waals surface area contributed by atoms with Crippen molar-refractivity contribution in [3.05, 3.63) is 52.2 Å². The highest BCUT2D eigenvalue weighted by molar-refractivity contribution is 7.21. The molecule has 8 heteroatoms. The normalized spacial score (nSPS) is 10.9. The molecule has 0 fully saturated rings. The van der Waals surface area contributed by atoms with Gasteiger partial charge in [0.1, 0.15) is 21.6 Å². The summed E-state index contributed by atoms with van der Waals surface area (Å²) >= 11 is 1.15. The van der Waals surface area contributed by atoms with Crippen LogP contribution >= 0.6 is 11.3 Å². The number of pyridine rings is 1. The lowest BCUT2D eigenvalue weighted by Gasteiger charge is -1.96. The number of nitrogens with zero attached hydrogens (tertiary/aromatic N) is 3. The SMILES string of the molecule is O=[N+]([O-])c1cnc2sc(-c3ccc(F)c(F)c3)nc2c1. The van der Waals surface area contributed by atoms with Crippen LogP contribution in [0.3, 0.4) is 0 Å². The van der Waals surface area contributed by atoms with Crippen LogP contribution in [0.25, 0.3) is 20.9 Å². The highest BCUT2D eigenvalue weighted by atomic mass is 32.1. The van der Waals surface area contributed by atoms with Crippen LogP contribution in [0, 0.1) is 21.7 Å². The molecule has 0 unspecified atom stereocenters. The quantitative estimate of drug-likeness (QED) is 0.535. The molecule has 0 aliphatic rings. The fourth-order valence-corrected chi connectivity index (χ4v) is 2.55. The molecule has 0 radical (unpaired) electrons. The Bertz CT molecular complexity index is 835. The summed E-state index contributed by atoms with van der Waals surface area (Å²) in [6.07, 6.45) is 1.13. The van der Waals surface area contributed by atoms with Gasteiger partial charge in [-0.3, -0.25) is 10.1 Å². The van der Waals surface area contributed by atoms with Crippen molar-refractivity contribution in [2.75, 3.05) is 0 Å². The van der Waals surface area contributed by atoms with Crippen molar-refractivity contribution < 1.29 is 13.7 Å². The minimum atomic E-state index is -0.972. The van der Waals surface area contributed by atoms with Crippen molar-refractivity contribution in [3.63, 3.8) is 0 Å². The molecule has 100 valence electrons. The van der Waals surface area contributed by atoms with E-state index >= 15 is 0 Å². The number of halogens is 2. The second-order valence-corrected chi connectivity index (χ2v) is 4.90. The van der Waals surface area contributed by atoms with E-state index in [-0.39, 0.29) is 5.69 Å². The summed E-state index contributed by atoms with van der Waals surface area (Å²) in [6.45, 7) is 0. The van der Waals surface area contributed by atoms with E-state index in [1.54, 1.807) is 0 Å². The van der Waals surface area contributed by atoms with Gasteiger partial charge in [-0.1, -0.05) is 11.3 Å². The number of rotatable bonds is 2. The van der Waals surface area contributed by atoms with Crippen LogP contribution in [0.1, 0.15) is 0 Å². The standard InChI is InChI=1S/C12H5F2N3O2S/c13-8-2-1-6(3-9(8)14)11-16-10-4-7(17(18)19)5-15-12(10)20-11/h1-5H. The fourth-order valence-electron chi connectivity index (χ4n) is 1.66. The average molecular weight is 293 g/mol. The summed E-state index contributed by atoms with van der Waals surface area (Å²) < 4.78 is 26.1. The third-order valence-electron chi connectivity index (χ3n) is 2.61. The van der Waals surface area contributed by atoms with E-state index in [4.69, 9.17) is 0 Å². The summed E-state index contributed by atoms with van der Waals surface area (Å²) in [5.41, 5.74) is 0.582. The molecule has 5 nitrogen and oxygen atoms in total. The zero-order valence-electron chi connectivity index (χ0n) is 9.71. The van der Waals surface area contributed by atoms with Gasteiger partial charge in [-0.15, -0.1) is 0 Å². The lowest BCUT2D eigenvalue weighted by atomic mass is 10.2. The van der Waals surface area contributed by atoms with Crippen molar-refractivity contribution >= 4 is 27.4 Å². The van der Waals surface area contributed by atoms with Crippen LogP contribution in [0.2, 0.25) is 0 Å². The molecule has 0 aliphatic heterocycles. The van der Waals surface area contributed by atoms with Gasteiger partial charge in [0.05, 0.1) is 4.92 Å². The second-order valence-electron chi connectivity index (χ2n) is 3.92. The first-order valence-corrected chi connectivity index (χ1v) is 6.22. The molecule has 0 amide bonds. The van der Waals surface area contributed by atoms with Crippen molar-refractivity contribution in [3.8, 4) is 10.6 Å². The van der Waals surface area contributed by atoms with E-state index in [1.165, 1.54) is 12.1 Å². The number of fused-ring (bicyclic) bond motifs is 1. The number of nitro groups is 1. The maximum atomic E-state index is 13.2. The molecule has 3 rings (SSSR count).